The van der Waals surface area contributed by atoms with Crippen LogP contribution in [0.2, 0.25) is 0 Å². The average molecular weight is 348 g/mol. The molecule has 26 heavy (non-hydrogen) atoms. The minimum absolute atomic E-state index is 0.128. The topological polar surface area (TPSA) is 85.2 Å². The highest BCUT2D eigenvalue weighted by atomic mass is 16.2. The van der Waals surface area contributed by atoms with Crippen molar-refractivity contribution in [3.63, 3.8) is 0 Å². The normalized spacial score (nSPS) is 13.3. The van der Waals surface area contributed by atoms with Crippen molar-refractivity contribution in [3.05, 3.63) is 59.7 Å². The molecule has 0 bridgehead atoms. The Hall–Kier alpha value is -3.33. The van der Waals surface area contributed by atoms with Crippen molar-refractivity contribution < 1.29 is 9.59 Å². The largest absolute Gasteiger partial charge is 0.376 e. The second-order valence-corrected chi connectivity index (χ2v) is 6.14. The Balaban J connectivity index is 1.49. The van der Waals surface area contributed by atoms with Gasteiger partial charge in [0.2, 0.25) is 11.8 Å². The van der Waals surface area contributed by atoms with Crippen LogP contribution in [0.15, 0.2) is 48.5 Å². The molecule has 6 heteroatoms. The average Bonchev–Trinajstić information content (AvgIpc) is 3.11. The Morgan fingerprint density at radius 3 is 2.69 bits per heavy atom. The van der Waals surface area contributed by atoms with Gasteiger partial charge >= 0.3 is 0 Å². The van der Waals surface area contributed by atoms with Gasteiger partial charge in [0.05, 0.1) is 18.2 Å². The van der Waals surface area contributed by atoms with Crippen LogP contribution >= 0.6 is 0 Å². The third-order valence-corrected chi connectivity index (χ3v) is 4.25. The molecule has 3 rings (SSSR count). The molecule has 1 aliphatic rings. The van der Waals surface area contributed by atoms with E-state index in [1.807, 2.05) is 24.3 Å². The molecular weight excluding hydrogens is 328 g/mol. The minimum atomic E-state index is -0.128. The van der Waals surface area contributed by atoms with Crippen molar-refractivity contribution in [2.24, 2.45) is 0 Å². The number of nitriles is 1. The molecule has 132 valence electrons. The number of hydrogen-bond donors (Lipinski definition) is 2. The van der Waals surface area contributed by atoms with Gasteiger partial charge < -0.3 is 15.5 Å². The fourth-order valence-corrected chi connectivity index (χ4v) is 2.86. The van der Waals surface area contributed by atoms with E-state index in [0.29, 0.717) is 18.5 Å². The smallest absolute Gasteiger partial charge is 0.239 e. The molecule has 6 nitrogen and oxygen atoms in total. The van der Waals surface area contributed by atoms with Crippen molar-refractivity contribution in [2.75, 3.05) is 23.3 Å². The molecule has 2 amide bonds. The molecule has 1 fully saturated rings. The van der Waals surface area contributed by atoms with Crippen LogP contribution in [0, 0.1) is 11.3 Å². The molecule has 1 aliphatic heterocycles. The van der Waals surface area contributed by atoms with Crippen molar-refractivity contribution in [1.29, 1.82) is 5.26 Å². The number of anilines is 2. The monoisotopic (exact) mass is 348 g/mol. The molecule has 0 radical (unpaired) electrons. The minimum Gasteiger partial charge on any atom is -0.376 e. The second kappa shape index (κ2) is 8.17. The maximum atomic E-state index is 12.0. The van der Waals surface area contributed by atoms with Crippen molar-refractivity contribution in [1.82, 2.24) is 5.32 Å². The van der Waals surface area contributed by atoms with E-state index in [2.05, 4.69) is 16.7 Å². The molecule has 0 saturated carbocycles. The van der Waals surface area contributed by atoms with Crippen LogP contribution in [-0.4, -0.2) is 24.9 Å². The van der Waals surface area contributed by atoms with E-state index in [0.717, 1.165) is 29.9 Å². The number of carbonyl (C=O) groups is 2. The predicted octanol–water partition coefficient (Wildman–Crippen LogP) is 2.41. The molecule has 0 aromatic heterocycles. The fourth-order valence-electron chi connectivity index (χ4n) is 2.86. The highest BCUT2D eigenvalue weighted by Gasteiger charge is 2.21. The molecule has 1 saturated heterocycles. The molecule has 2 aromatic rings. The Kier molecular flexibility index (Phi) is 5.49. The highest BCUT2D eigenvalue weighted by Crippen LogP contribution is 2.22. The van der Waals surface area contributed by atoms with E-state index in [9.17, 15) is 9.59 Å². The molecule has 2 N–H and O–H groups in total. The Bertz CT molecular complexity index is 840. The lowest BCUT2D eigenvalue weighted by molar-refractivity contribution is -0.119. The maximum absolute atomic E-state index is 12.0. The summed E-state index contributed by atoms with van der Waals surface area (Å²) in [4.78, 5) is 25.6. The first-order chi connectivity index (χ1) is 12.7. The summed E-state index contributed by atoms with van der Waals surface area (Å²) in [7, 11) is 0. The van der Waals surface area contributed by atoms with Crippen LogP contribution < -0.4 is 15.5 Å². The lowest BCUT2D eigenvalue weighted by atomic mass is 10.2. The summed E-state index contributed by atoms with van der Waals surface area (Å²) in [5.74, 6) is 0.0230. The summed E-state index contributed by atoms with van der Waals surface area (Å²) in [6, 6.07) is 16.7. The van der Waals surface area contributed by atoms with Crippen LogP contribution in [-0.2, 0) is 16.1 Å². The third-order valence-electron chi connectivity index (χ3n) is 4.25. The van der Waals surface area contributed by atoms with Gasteiger partial charge in [-0.2, -0.15) is 5.26 Å². The van der Waals surface area contributed by atoms with Crippen molar-refractivity contribution in [3.8, 4) is 6.07 Å². The second-order valence-electron chi connectivity index (χ2n) is 6.14. The molecule has 2 aromatic carbocycles. The Labute approximate surface area is 152 Å². The van der Waals surface area contributed by atoms with Crippen LogP contribution in [0.5, 0.6) is 0 Å². The lowest BCUT2D eigenvalue weighted by Gasteiger charge is -2.16. The molecule has 0 spiro atoms. The number of rotatable bonds is 6. The predicted molar refractivity (Wildman–Crippen MR) is 99.5 cm³/mol. The van der Waals surface area contributed by atoms with Gasteiger partial charge in [-0.3, -0.25) is 9.59 Å². The van der Waals surface area contributed by atoms with Gasteiger partial charge in [-0.25, -0.2) is 0 Å². The standard InChI is InChI=1S/C20H20N4O2/c21-12-15-6-8-17(9-7-15)22-14-19(25)23-13-16-3-1-4-18(11-16)24-10-2-5-20(24)26/h1,3-4,6-9,11,22H,2,5,10,13-14H2,(H,23,25). The van der Waals surface area contributed by atoms with E-state index >= 15 is 0 Å². The van der Waals surface area contributed by atoms with Gasteiger partial charge in [-0.1, -0.05) is 12.1 Å². The zero-order chi connectivity index (χ0) is 18.4. The first kappa shape index (κ1) is 17.5. The zero-order valence-corrected chi connectivity index (χ0v) is 14.4. The summed E-state index contributed by atoms with van der Waals surface area (Å²) >= 11 is 0. The zero-order valence-electron chi connectivity index (χ0n) is 14.4. The number of amides is 2. The number of carbonyl (C=O) groups excluding carboxylic acids is 2. The van der Waals surface area contributed by atoms with Crippen LogP contribution in [0.3, 0.4) is 0 Å². The molecule has 0 unspecified atom stereocenters. The van der Waals surface area contributed by atoms with Gasteiger partial charge in [0, 0.05) is 30.9 Å². The summed E-state index contributed by atoms with van der Waals surface area (Å²) < 4.78 is 0. The van der Waals surface area contributed by atoms with E-state index in [-0.39, 0.29) is 18.4 Å². The Morgan fingerprint density at radius 2 is 2.00 bits per heavy atom. The van der Waals surface area contributed by atoms with E-state index in [1.165, 1.54) is 0 Å². The first-order valence-corrected chi connectivity index (χ1v) is 8.56. The molecule has 0 atom stereocenters. The summed E-state index contributed by atoms with van der Waals surface area (Å²) in [5.41, 5.74) is 3.20. The summed E-state index contributed by atoms with van der Waals surface area (Å²) in [5, 5.41) is 14.7. The summed E-state index contributed by atoms with van der Waals surface area (Å²) in [6.07, 6.45) is 1.49. The van der Waals surface area contributed by atoms with Crippen LogP contribution in [0.1, 0.15) is 24.0 Å². The first-order valence-electron chi connectivity index (χ1n) is 8.56. The number of nitrogens with one attached hydrogen (secondary N) is 2. The van der Waals surface area contributed by atoms with Crippen molar-refractivity contribution in [2.45, 2.75) is 19.4 Å². The number of nitrogens with zero attached hydrogens (tertiary/aromatic N) is 2. The summed E-state index contributed by atoms with van der Waals surface area (Å²) in [6.45, 7) is 1.31. The van der Waals surface area contributed by atoms with E-state index in [1.54, 1.807) is 29.2 Å². The maximum Gasteiger partial charge on any atom is 0.239 e. The SMILES string of the molecule is N#Cc1ccc(NCC(=O)NCc2cccc(N3CCCC3=O)c2)cc1. The van der Waals surface area contributed by atoms with Gasteiger partial charge in [-0.15, -0.1) is 0 Å². The van der Waals surface area contributed by atoms with Gasteiger partial charge in [0.15, 0.2) is 0 Å². The number of benzene rings is 2. The van der Waals surface area contributed by atoms with Gasteiger partial charge in [-0.05, 0) is 48.4 Å². The van der Waals surface area contributed by atoms with E-state index in [4.69, 9.17) is 5.26 Å². The van der Waals surface area contributed by atoms with Crippen LogP contribution in [0.4, 0.5) is 11.4 Å². The third kappa shape index (κ3) is 4.39. The van der Waals surface area contributed by atoms with Crippen LogP contribution in [0.25, 0.3) is 0 Å². The van der Waals surface area contributed by atoms with E-state index < -0.39 is 0 Å². The lowest BCUT2D eigenvalue weighted by Crippen LogP contribution is -2.29. The number of hydrogen-bond acceptors (Lipinski definition) is 4. The molecule has 0 aliphatic carbocycles. The van der Waals surface area contributed by atoms with Crippen molar-refractivity contribution >= 4 is 23.2 Å². The fraction of sp³-hybridized carbons (Fsp3) is 0.250. The molecule has 1 heterocycles. The highest BCUT2D eigenvalue weighted by molar-refractivity contribution is 5.95. The quantitative estimate of drug-likeness (QED) is 0.839. The Morgan fingerprint density at radius 1 is 1.19 bits per heavy atom. The molecular formula is C20H20N4O2. The van der Waals surface area contributed by atoms with Gasteiger partial charge in [0.25, 0.3) is 0 Å². The van der Waals surface area contributed by atoms with Gasteiger partial charge in [0.1, 0.15) is 0 Å².